The third kappa shape index (κ3) is 5.16. The minimum Gasteiger partial charge on any atom is -0.444 e. The lowest BCUT2D eigenvalue weighted by Crippen LogP contribution is -2.27. The van der Waals surface area contributed by atoms with Crippen LogP contribution in [0.5, 0.6) is 0 Å². The van der Waals surface area contributed by atoms with Crippen molar-refractivity contribution in [1.29, 1.82) is 0 Å². The number of benzene rings is 1. The molecule has 7 nitrogen and oxygen atoms in total. The van der Waals surface area contributed by atoms with E-state index in [2.05, 4.69) is 32.3 Å². The van der Waals surface area contributed by atoms with Crippen LogP contribution in [0.2, 0.25) is 0 Å². The van der Waals surface area contributed by atoms with Crippen molar-refractivity contribution in [2.75, 3.05) is 5.32 Å². The summed E-state index contributed by atoms with van der Waals surface area (Å²) in [6.45, 7) is 5.39. The Labute approximate surface area is 156 Å². The number of carbonyl (C=O) groups excluding carboxylic acids is 1. The molecule has 7 heteroatoms. The summed E-state index contributed by atoms with van der Waals surface area (Å²) in [7, 11) is 0. The zero-order valence-corrected chi connectivity index (χ0v) is 15.2. The van der Waals surface area contributed by atoms with Crippen LogP contribution in [0.4, 0.5) is 10.5 Å². The summed E-state index contributed by atoms with van der Waals surface area (Å²) in [5.74, 6) is 6.11. The number of para-hydroxylation sites is 1. The number of ether oxygens (including phenoxy) is 1. The molecule has 2 aromatic heterocycles. The van der Waals surface area contributed by atoms with Gasteiger partial charge in [0.25, 0.3) is 11.8 Å². The zero-order chi connectivity index (χ0) is 19.3. The smallest absolute Gasteiger partial charge is 0.412 e. The summed E-state index contributed by atoms with van der Waals surface area (Å²) < 4.78 is 10.9. The van der Waals surface area contributed by atoms with Crippen molar-refractivity contribution in [2.24, 2.45) is 0 Å². The fraction of sp³-hybridized carbons (Fsp3) is 0.200. The number of nitrogens with one attached hydrogen (secondary N) is 1. The van der Waals surface area contributed by atoms with E-state index in [1.807, 2.05) is 6.07 Å². The summed E-state index contributed by atoms with van der Waals surface area (Å²) in [4.78, 5) is 16.0. The van der Waals surface area contributed by atoms with E-state index < -0.39 is 11.7 Å². The number of hydrogen-bond acceptors (Lipinski definition) is 6. The van der Waals surface area contributed by atoms with E-state index in [1.165, 1.54) is 0 Å². The van der Waals surface area contributed by atoms with Crippen LogP contribution in [0.3, 0.4) is 0 Å². The Morgan fingerprint density at radius 1 is 1.11 bits per heavy atom. The number of nitrogens with zero attached hydrogens (tertiary/aromatic N) is 3. The van der Waals surface area contributed by atoms with Crippen molar-refractivity contribution in [1.82, 2.24) is 15.2 Å². The molecule has 0 saturated heterocycles. The molecule has 3 aromatic rings. The highest BCUT2D eigenvalue weighted by Crippen LogP contribution is 2.27. The molecular weight excluding hydrogens is 344 g/mol. The topological polar surface area (TPSA) is 90.1 Å². The average molecular weight is 362 g/mol. The van der Waals surface area contributed by atoms with Gasteiger partial charge in [-0.1, -0.05) is 23.2 Å². The van der Waals surface area contributed by atoms with Crippen LogP contribution in [0.15, 0.2) is 53.2 Å². The second-order valence-electron chi connectivity index (χ2n) is 6.58. The second-order valence-corrected chi connectivity index (χ2v) is 6.58. The van der Waals surface area contributed by atoms with Crippen LogP contribution < -0.4 is 5.32 Å². The number of anilines is 1. The Bertz CT molecular complexity index is 995. The van der Waals surface area contributed by atoms with Crippen molar-refractivity contribution >= 4 is 11.8 Å². The highest BCUT2D eigenvalue weighted by atomic mass is 16.6. The van der Waals surface area contributed by atoms with E-state index in [0.29, 0.717) is 11.3 Å². The van der Waals surface area contributed by atoms with Crippen molar-refractivity contribution in [3.05, 3.63) is 60.2 Å². The molecule has 0 saturated carbocycles. The number of rotatable bonds is 2. The van der Waals surface area contributed by atoms with Crippen LogP contribution in [-0.2, 0) is 4.74 Å². The third-order valence-electron chi connectivity index (χ3n) is 3.19. The van der Waals surface area contributed by atoms with Gasteiger partial charge >= 0.3 is 6.09 Å². The van der Waals surface area contributed by atoms with E-state index in [9.17, 15) is 4.79 Å². The molecular formula is C20H18N4O3. The molecule has 0 spiro atoms. The van der Waals surface area contributed by atoms with Crippen molar-refractivity contribution in [3.8, 4) is 23.3 Å². The van der Waals surface area contributed by atoms with Crippen LogP contribution in [0, 0.1) is 11.8 Å². The first-order chi connectivity index (χ1) is 12.9. The minimum absolute atomic E-state index is 0.168. The predicted octanol–water partition coefficient (Wildman–Crippen LogP) is 3.88. The first kappa shape index (κ1) is 18.1. The van der Waals surface area contributed by atoms with Gasteiger partial charge in [-0.2, -0.15) is 0 Å². The first-order valence-electron chi connectivity index (χ1n) is 8.26. The largest absolute Gasteiger partial charge is 0.444 e. The van der Waals surface area contributed by atoms with Gasteiger partial charge in [-0.25, -0.2) is 4.79 Å². The molecule has 27 heavy (non-hydrogen) atoms. The van der Waals surface area contributed by atoms with E-state index >= 15 is 0 Å². The minimum atomic E-state index is -0.599. The monoisotopic (exact) mass is 362 g/mol. The van der Waals surface area contributed by atoms with Crippen molar-refractivity contribution < 1.29 is 13.9 Å². The molecule has 1 N–H and O–H groups in total. The lowest BCUT2D eigenvalue weighted by atomic mass is 10.2. The van der Waals surface area contributed by atoms with Gasteiger partial charge in [-0.05, 0) is 51.0 Å². The van der Waals surface area contributed by atoms with Crippen LogP contribution in [0.25, 0.3) is 11.5 Å². The van der Waals surface area contributed by atoms with E-state index in [4.69, 9.17) is 9.15 Å². The molecule has 136 valence electrons. The molecule has 0 unspecified atom stereocenters. The van der Waals surface area contributed by atoms with Gasteiger partial charge < -0.3 is 9.15 Å². The van der Waals surface area contributed by atoms with Gasteiger partial charge in [0.1, 0.15) is 5.60 Å². The van der Waals surface area contributed by atoms with Crippen LogP contribution in [-0.4, -0.2) is 26.9 Å². The summed E-state index contributed by atoms with van der Waals surface area (Å²) in [6.07, 6.45) is 2.75. The Kier molecular flexibility index (Phi) is 5.18. The summed E-state index contributed by atoms with van der Waals surface area (Å²) >= 11 is 0. The van der Waals surface area contributed by atoms with Gasteiger partial charge in [0.2, 0.25) is 0 Å². The fourth-order valence-electron chi connectivity index (χ4n) is 2.14. The second kappa shape index (κ2) is 7.70. The zero-order valence-electron chi connectivity index (χ0n) is 15.2. The fourth-order valence-corrected chi connectivity index (χ4v) is 2.14. The molecule has 2 heterocycles. The molecule has 1 aromatic carbocycles. The summed E-state index contributed by atoms with van der Waals surface area (Å²) in [5, 5.41) is 10.6. The molecule has 0 aliphatic carbocycles. The van der Waals surface area contributed by atoms with Crippen LogP contribution >= 0.6 is 0 Å². The van der Waals surface area contributed by atoms with E-state index in [-0.39, 0.29) is 11.8 Å². The highest BCUT2D eigenvalue weighted by molar-refractivity contribution is 5.90. The summed E-state index contributed by atoms with van der Waals surface area (Å²) in [5.41, 5.74) is 1.22. The van der Waals surface area contributed by atoms with E-state index in [1.54, 1.807) is 63.5 Å². The number of aromatic nitrogens is 3. The van der Waals surface area contributed by atoms with E-state index in [0.717, 1.165) is 5.56 Å². The maximum atomic E-state index is 12.0. The Hall–Kier alpha value is -3.66. The highest BCUT2D eigenvalue weighted by Gasteiger charge is 2.18. The normalized spacial score (nSPS) is 10.6. The number of pyridine rings is 1. The molecule has 0 aliphatic rings. The van der Waals surface area contributed by atoms with Gasteiger partial charge in [0.15, 0.2) is 0 Å². The molecule has 0 fully saturated rings. The predicted molar refractivity (Wildman–Crippen MR) is 99.8 cm³/mol. The van der Waals surface area contributed by atoms with Gasteiger partial charge in [0, 0.05) is 18.0 Å². The number of carbonyl (C=O) groups is 1. The molecule has 1 amide bonds. The summed E-state index contributed by atoms with van der Waals surface area (Å²) in [6, 6.07) is 10.7. The standard InChI is InChI=1S/C20H18N4O3/c1-20(2,3)27-19(25)22-16-9-5-4-8-15(16)18-24-23-17(26-18)11-10-14-7-6-12-21-13-14/h4-9,12-13H,1-3H3,(H,22,25). The molecule has 0 radical (unpaired) electrons. The Morgan fingerprint density at radius 2 is 1.93 bits per heavy atom. The quantitative estimate of drug-likeness (QED) is 0.696. The lowest BCUT2D eigenvalue weighted by Gasteiger charge is -2.20. The molecule has 0 aliphatic heterocycles. The van der Waals surface area contributed by atoms with Crippen molar-refractivity contribution in [2.45, 2.75) is 26.4 Å². The van der Waals surface area contributed by atoms with Gasteiger partial charge in [-0.15, -0.1) is 5.10 Å². The Balaban J connectivity index is 1.81. The molecule has 0 atom stereocenters. The maximum absolute atomic E-state index is 12.0. The number of amides is 1. The maximum Gasteiger partial charge on any atom is 0.412 e. The lowest BCUT2D eigenvalue weighted by molar-refractivity contribution is 0.0636. The first-order valence-corrected chi connectivity index (χ1v) is 8.26. The number of hydrogen-bond donors (Lipinski definition) is 1. The Morgan fingerprint density at radius 3 is 2.67 bits per heavy atom. The van der Waals surface area contributed by atoms with Gasteiger partial charge in [0.05, 0.1) is 11.3 Å². The average Bonchev–Trinajstić information content (AvgIpc) is 3.08. The van der Waals surface area contributed by atoms with Crippen molar-refractivity contribution in [3.63, 3.8) is 0 Å². The van der Waals surface area contributed by atoms with Gasteiger partial charge in [-0.3, -0.25) is 10.3 Å². The third-order valence-corrected chi connectivity index (χ3v) is 3.19. The SMILES string of the molecule is CC(C)(C)OC(=O)Nc1ccccc1-c1nnc(C#Cc2cccnc2)o1. The molecule has 3 rings (SSSR count). The molecule has 0 bridgehead atoms. The van der Waals surface area contributed by atoms with Crippen LogP contribution in [0.1, 0.15) is 32.2 Å².